The number of hydrogen-bond acceptors (Lipinski definition) is 6. The Morgan fingerprint density at radius 1 is 1.32 bits per heavy atom. The topological polar surface area (TPSA) is 102 Å². The highest BCUT2D eigenvalue weighted by atomic mass is 16.5. The smallest absolute Gasteiger partial charge is 0.292 e. The number of oxazole rings is 1. The van der Waals surface area contributed by atoms with Crippen LogP contribution in [-0.4, -0.2) is 65.0 Å². The summed E-state index contributed by atoms with van der Waals surface area (Å²) in [5.74, 6) is 0.819. The molecule has 25 heavy (non-hydrogen) atoms. The predicted molar refractivity (Wildman–Crippen MR) is 88.6 cm³/mol. The number of hydrogen-bond donors (Lipinski definition) is 1. The van der Waals surface area contributed by atoms with Crippen LogP contribution in [0.2, 0.25) is 0 Å². The molecule has 3 fully saturated rings. The maximum absolute atomic E-state index is 12.6. The van der Waals surface area contributed by atoms with Crippen LogP contribution in [0.25, 0.3) is 0 Å². The van der Waals surface area contributed by atoms with E-state index in [2.05, 4.69) is 11.9 Å². The van der Waals surface area contributed by atoms with Crippen molar-refractivity contribution in [2.24, 2.45) is 11.8 Å². The summed E-state index contributed by atoms with van der Waals surface area (Å²) in [4.78, 5) is 32.6. The highest BCUT2D eigenvalue weighted by molar-refractivity contribution is 5.91. The molecule has 0 radical (unpaired) electrons. The van der Waals surface area contributed by atoms with Crippen LogP contribution in [0, 0.1) is 11.8 Å². The fraction of sp³-hybridized carbons (Fsp3) is 0.706. The number of piperidine rings is 1. The lowest BCUT2D eigenvalue weighted by molar-refractivity contribution is -0.160. The molecule has 2 N–H and O–H groups in total. The molecule has 3 heterocycles. The van der Waals surface area contributed by atoms with Gasteiger partial charge in [-0.15, -0.1) is 0 Å². The lowest BCUT2D eigenvalue weighted by atomic mass is 9.90. The molecule has 4 rings (SSSR count). The second kappa shape index (κ2) is 6.01. The molecule has 136 valence electrons. The second-order valence-electron chi connectivity index (χ2n) is 7.50. The predicted octanol–water partition coefficient (Wildman–Crippen LogP) is 0.746. The SMILES string of the molecule is C[C@H]1C[C@@H]1C(=O)N1CCOC2(CCCN(C(=O)c3cnc(N)o3)C2)C1. The molecule has 8 heteroatoms. The van der Waals surface area contributed by atoms with Gasteiger partial charge >= 0.3 is 0 Å². The number of morpholine rings is 1. The third-order valence-corrected chi connectivity index (χ3v) is 5.55. The number of rotatable bonds is 2. The molecule has 0 aromatic carbocycles. The number of nitrogens with zero attached hydrogens (tertiary/aromatic N) is 3. The van der Waals surface area contributed by atoms with Gasteiger partial charge in [-0.1, -0.05) is 6.92 Å². The van der Waals surface area contributed by atoms with Gasteiger partial charge in [-0.05, 0) is 25.2 Å². The Morgan fingerprint density at radius 2 is 2.08 bits per heavy atom. The minimum atomic E-state index is -0.481. The number of aromatic nitrogens is 1. The molecule has 1 aromatic rings. The molecule has 1 unspecified atom stereocenters. The van der Waals surface area contributed by atoms with Crippen LogP contribution in [0.1, 0.15) is 36.7 Å². The molecule has 2 amide bonds. The minimum absolute atomic E-state index is 0.0145. The molecule has 1 spiro atoms. The summed E-state index contributed by atoms with van der Waals surface area (Å²) in [6.07, 6.45) is 4.02. The summed E-state index contributed by atoms with van der Waals surface area (Å²) in [7, 11) is 0. The molecule has 2 saturated heterocycles. The quantitative estimate of drug-likeness (QED) is 0.846. The van der Waals surface area contributed by atoms with Gasteiger partial charge in [0.05, 0.1) is 25.9 Å². The summed E-state index contributed by atoms with van der Waals surface area (Å²) < 4.78 is 11.2. The van der Waals surface area contributed by atoms with Crippen molar-refractivity contribution in [3.63, 3.8) is 0 Å². The molecule has 0 bridgehead atoms. The van der Waals surface area contributed by atoms with E-state index in [1.807, 2.05) is 4.90 Å². The average molecular weight is 348 g/mol. The van der Waals surface area contributed by atoms with Gasteiger partial charge in [-0.2, -0.15) is 0 Å². The van der Waals surface area contributed by atoms with Crippen molar-refractivity contribution in [3.8, 4) is 0 Å². The first kappa shape index (κ1) is 16.4. The summed E-state index contributed by atoms with van der Waals surface area (Å²) in [5.41, 5.74) is 4.98. The first-order valence-corrected chi connectivity index (χ1v) is 8.91. The molecule has 1 aromatic heterocycles. The van der Waals surface area contributed by atoms with E-state index in [4.69, 9.17) is 14.9 Å². The Kier molecular flexibility index (Phi) is 3.94. The van der Waals surface area contributed by atoms with E-state index in [9.17, 15) is 9.59 Å². The van der Waals surface area contributed by atoms with E-state index in [0.717, 1.165) is 19.3 Å². The van der Waals surface area contributed by atoms with Gasteiger partial charge in [0.2, 0.25) is 11.7 Å². The largest absolute Gasteiger partial charge is 0.418 e. The molecule has 8 nitrogen and oxygen atoms in total. The Hall–Kier alpha value is -2.09. The van der Waals surface area contributed by atoms with Crippen molar-refractivity contribution in [3.05, 3.63) is 12.0 Å². The van der Waals surface area contributed by atoms with Gasteiger partial charge < -0.3 is 24.7 Å². The Balaban J connectivity index is 1.45. The van der Waals surface area contributed by atoms with Gasteiger partial charge in [-0.25, -0.2) is 4.98 Å². The first-order valence-electron chi connectivity index (χ1n) is 8.91. The lowest BCUT2D eigenvalue weighted by Gasteiger charge is -2.47. The Morgan fingerprint density at radius 3 is 2.76 bits per heavy atom. The summed E-state index contributed by atoms with van der Waals surface area (Å²) in [5, 5.41) is 0. The molecular weight excluding hydrogens is 324 g/mol. The van der Waals surface area contributed by atoms with Gasteiger partial charge in [0.25, 0.3) is 11.9 Å². The molecule has 3 atom stereocenters. The number of nitrogen functional groups attached to an aromatic ring is 1. The van der Waals surface area contributed by atoms with Crippen LogP contribution >= 0.6 is 0 Å². The average Bonchev–Trinajstić information content (AvgIpc) is 3.18. The third kappa shape index (κ3) is 3.10. The van der Waals surface area contributed by atoms with E-state index < -0.39 is 5.60 Å². The molecular formula is C17H24N4O4. The standard InChI is InChI=1S/C17H24N4O4/c1-11-7-12(11)14(22)21-5-6-24-17(10-21)3-2-4-20(9-17)15(23)13-8-19-16(18)25-13/h8,11-12H,2-7,9-10H2,1H3,(H2,18,19)/t11-,12-,17?/m0/s1. The normalized spacial score (nSPS) is 32.0. The Labute approximate surface area is 146 Å². The van der Waals surface area contributed by atoms with Crippen LogP contribution in [-0.2, 0) is 9.53 Å². The number of ether oxygens (including phenoxy) is 1. The summed E-state index contributed by atoms with van der Waals surface area (Å²) >= 11 is 0. The van der Waals surface area contributed by atoms with Gasteiger partial charge in [-0.3, -0.25) is 9.59 Å². The van der Waals surface area contributed by atoms with E-state index in [1.54, 1.807) is 4.90 Å². The van der Waals surface area contributed by atoms with Gasteiger partial charge in [0, 0.05) is 19.0 Å². The van der Waals surface area contributed by atoms with E-state index in [-0.39, 0.29) is 29.5 Å². The maximum Gasteiger partial charge on any atom is 0.292 e. The maximum atomic E-state index is 12.6. The van der Waals surface area contributed by atoms with Crippen LogP contribution in [0.5, 0.6) is 0 Å². The number of carbonyl (C=O) groups is 2. The zero-order valence-corrected chi connectivity index (χ0v) is 14.4. The summed E-state index contributed by atoms with van der Waals surface area (Å²) in [6.45, 7) is 4.91. The molecule has 2 aliphatic heterocycles. The molecule has 1 aliphatic carbocycles. The van der Waals surface area contributed by atoms with Crippen molar-refractivity contribution in [1.82, 2.24) is 14.8 Å². The van der Waals surface area contributed by atoms with Crippen molar-refractivity contribution < 1.29 is 18.7 Å². The third-order valence-electron chi connectivity index (χ3n) is 5.55. The highest BCUT2D eigenvalue weighted by Gasteiger charge is 2.47. The van der Waals surface area contributed by atoms with Crippen molar-refractivity contribution in [1.29, 1.82) is 0 Å². The first-order chi connectivity index (χ1) is 12.0. The number of carbonyl (C=O) groups excluding carboxylic acids is 2. The van der Waals surface area contributed by atoms with Crippen molar-refractivity contribution in [2.45, 2.75) is 31.8 Å². The zero-order chi connectivity index (χ0) is 17.6. The van der Waals surface area contributed by atoms with E-state index >= 15 is 0 Å². The molecule has 1 saturated carbocycles. The van der Waals surface area contributed by atoms with Crippen molar-refractivity contribution in [2.75, 3.05) is 38.5 Å². The van der Waals surface area contributed by atoms with Gasteiger partial charge in [0.1, 0.15) is 5.60 Å². The van der Waals surface area contributed by atoms with Crippen LogP contribution in [0.3, 0.4) is 0 Å². The second-order valence-corrected chi connectivity index (χ2v) is 7.50. The number of likely N-dealkylation sites (tertiary alicyclic amines) is 1. The summed E-state index contributed by atoms with van der Waals surface area (Å²) in [6, 6.07) is -0.0145. The van der Waals surface area contributed by atoms with Crippen LogP contribution in [0.15, 0.2) is 10.6 Å². The van der Waals surface area contributed by atoms with E-state index in [0.29, 0.717) is 38.7 Å². The Bertz CT molecular complexity index is 686. The monoisotopic (exact) mass is 348 g/mol. The molecule has 3 aliphatic rings. The zero-order valence-electron chi connectivity index (χ0n) is 14.4. The number of nitrogens with two attached hydrogens (primary N) is 1. The van der Waals surface area contributed by atoms with Gasteiger partial charge in [0.15, 0.2) is 0 Å². The van der Waals surface area contributed by atoms with E-state index in [1.165, 1.54) is 6.20 Å². The van der Waals surface area contributed by atoms with Crippen LogP contribution < -0.4 is 5.73 Å². The van der Waals surface area contributed by atoms with Crippen molar-refractivity contribution >= 4 is 17.8 Å². The highest BCUT2D eigenvalue weighted by Crippen LogP contribution is 2.40. The fourth-order valence-electron chi connectivity index (χ4n) is 3.99. The lowest BCUT2D eigenvalue weighted by Crippen LogP contribution is -2.61. The number of amides is 2. The minimum Gasteiger partial charge on any atom is -0.418 e. The number of anilines is 1. The fourth-order valence-corrected chi connectivity index (χ4v) is 3.99. The van der Waals surface area contributed by atoms with Crippen LogP contribution in [0.4, 0.5) is 6.01 Å².